The maximum atomic E-state index is 6.04. The molecule has 28 heavy (non-hydrogen) atoms. The molecule has 1 atom stereocenters. The SMILES string of the molecule is CN(C)c1ccc(CNCC[C@@]2(Cc3ccccc3)CCOC(C)(C)C2)cc1. The van der Waals surface area contributed by atoms with E-state index in [1.165, 1.54) is 23.2 Å². The van der Waals surface area contributed by atoms with Gasteiger partial charge in [0.2, 0.25) is 0 Å². The average molecular weight is 381 g/mol. The Bertz CT molecular complexity index is 724. The summed E-state index contributed by atoms with van der Waals surface area (Å²) < 4.78 is 6.04. The smallest absolute Gasteiger partial charge is 0.0631 e. The van der Waals surface area contributed by atoms with Gasteiger partial charge in [-0.3, -0.25) is 0 Å². The zero-order valence-electron chi connectivity index (χ0n) is 18.0. The van der Waals surface area contributed by atoms with Crippen LogP contribution in [0.5, 0.6) is 0 Å². The van der Waals surface area contributed by atoms with Crippen LogP contribution < -0.4 is 10.2 Å². The van der Waals surface area contributed by atoms with Crippen molar-refractivity contribution in [3.05, 3.63) is 65.7 Å². The first-order valence-electron chi connectivity index (χ1n) is 10.5. The molecule has 1 heterocycles. The molecule has 0 aromatic heterocycles. The number of hydrogen-bond acceptors (Lipinski definition) is 3. The van der Waals surface area contributed by atoms with Gasteiger partial charge < -0.3 is 15.0 Å². The molecule has 2 aromatic rings. The van der Waals surface area contributed by atoms with Crippen LogP contribution in [0, 0.1) is 5.41 Å². The van der Waals surface area contributed by atoms with Crippen LogP contribution in [-0.2, 0) is 17.7 Å². The van der Waals surface area contributed by atoms with Gasteiger partial charge in [0.25, 0.3) is 0 Å². The van der Waals surface area contributed by atoms with Gasteiger partial charge in [0.15, 0.2) is 0 Å². The Morgan fingerprint density at radius 3 is 2.32 bits per heavy atom. The van der Waals surface area contributed by atoms with E-state index in [0.29, 0.717) is 5.41 Å². The minimum atomic E-state index is -0.0327. The fourth-order valence-corrected chi connectivity index (χ4v) is 4.57. The molecule has 1 saturated heterocycles. The molecule has 2 aromatic carbocycles. The van der Waals surface area contributed by atoms with Crippen molar-refractivity contribution in [2.45, 2.75) is 51.7 Å². The van der Waals surface area contributed by atoms with Crippen LogP contribution >= 0.6 is 0 Å². The van der Waals surface area contributed by atoms with Crippen LogP contribution in [0.4, 0.5) is 5.69 Å². The Labute approximate surface area is 171 Å². The van der Waals surface area contributed by atoms with Gasteiger partial charge in [-0.1, -0.05) is 42.5 Å². The largest absolute Gasteiger partial charge is 0.378 e. The molecule has 0 spiro atoms. The Balaban J connectivity index is 1.58. The standard InChI is InChI=1S/C25H36N2O/c1-24(2)20-25(15-17-28-24,18-21-8-6-5-7-9-21)14-16-26-19-22-10-12-23(13-11-22)27(3)4/h5-13,26H,14-20H2,1-4H3/t25-/m0/s1. The molecule has 3 rings (SSSR count). The van der Waals surface area contributed by atoms with Crippen molar-refractivity contribution in [1.82, 2.24) is 5.32 Å². The van der Waals surface area contributed by atoms with Gasteiger partial charge in [-0.25, -0.2) is 0 Å². The highest BCUT2D eigenvalue weighted by Gasteiger charge is 2.40. The van der Waals surface area contributed by atoms with Gasteiger partial charge in [0.1, 0.15) is 0 Å². The zero-order valence-corrected chi connectivity index (χ0v) is 18.0. The second-order valence-corrected chi connectivity index (χ2v) is 9.18. The molecule has 1 fully saturated rings. The third-order valence-electron chi connectivity index (χ3n) is 5.96. The number of nitrogens with zero attached hydrogens (tertiary/aromatic N) is 1. The van der Waals surface area contributed by atoms with E-state index in [0.717, 1.165) is 39.0 Å². The van der Waals surface area contributed by atoms with Gasteiger partial charge in [0, 0.05) is 32.9 Å². The summed E-state index contributed by atoms with van der Waals surface area (Å²) in [6.45, 7) is 7.32. The van der Waals surface area contributed by atoms with Crippen molar-refractivity contribution in [1.29, 1.82) is 0 Å². The predicted octanol–water partition coefficient (Wildman–Crippen LogP) is 5.05. The second kappa shape index (κ2) is 9.11. The molecule has 0 unspecified atom stereocenters. The van der Waals surface area contributed by atoms with Crippen LogP contribution in [0.15, 0.2) is 54.6 Å². The van der Waals surface area contributed by atoms with E-state index in [1.807, 2.05) is 0 Å². The molecule has 0 amide bonds. The predicted molar refractivity (Wildman–Crippen MR) is 119 cm³/mol. The van der Waals surface area contributed by atoms with Crippen molar-refractivity contribution in [2.24, 2.45) is 5.41 Å². The van der Waals surface area contributed by atoms with Crippen molar-refractivity contribution in [3.8, 4) is 0 Å². The molecule has 3 heteroatoms. The normalized spacial score (nSPS) is 21.4. The van der Waals surface area contributed by atoms with Gasteiger partial charge in [-0.05, 0) is 74.8 Å². The van der Waals surface area contributed by atoms with E-state index >= 15 is 0 Å². The molecule has 3 nitrogen and oxygen atoms in total. The molecular formula is C25H36N2O. The summed E-state index contributed by atoms with van der Waals surface area (Å²) >= 11 is 0. The molecule has 1 N–H and O–H groups in total. The van der Waals surface area contributed by atoms with E-state index in [2.05, 4.69) is 92.8 Å². The van der Waals surface area contributed by atoms with Crippen molar-refractivity contribution in [2.75, 3.05) is 32.1 Å². The third kappa shape index (κ3) is 5.83. The Kier molecular flexibility index (Phi) is 6.79. The first kappa shape index (κ1) is 20.9. The van der Waals surface area contributed by atoms with Crippen LogP contribution in [-0.4, -0.2) is 32.8 Å². The van der Waals surface area contributed by atoms with Gasteiger partial charge in [-0.15, -0.1) is 0 Å². The first-order chi connectivity index (χ1) is 13.4. The quantitative estimate of drug-likeness (QED) is 0.649. The average Bonchev–Trinajstić information content (AvgIpc) is 2.66. The van der Waals surface area contributed by atoms with Crippen LogP contribution in [0.2, 0.25) is 0 Å². The first-order valence-corrected chi connectivity index (χ1v) is 10.5. The van der Waals surface area contributed by atoms with E-state index < -0.39 is 0 Å². The molecule has 1 aliphatic rings. The number of anilines is 1. The summed E-state index contributed by atoms with van der Waals surface area (Å²) in [7, 11) is 4.16. The summed E-state index contributed by atoms with van der Waals surface area (Å²) in [4.78, 5) is 2.14. The summed E-state index contributed by atoms with van der Waals surface area (Å²) in [5.41, 5.74) is 4.31. The Morgan fingerprint density at radius 1 is 0.964 bits per heavy atom. The Hall–Kier alpha value is -1.84. The molecular weight excluding hydrogens is 344 g/mol. The van der Waals surface area contributed by atoms with E-state index in [9.17, 15) is 0 Å². The van der Waals surface area contributed by atoms with Crippen LogP contribution in [0.1, 0.15) is 44.2 Å². The minimum Gasteiger partial charge on any atom is -0.378 e. The lowest BCUT2D eigenvalue weighted by molar-refractivity contribution is -0.107. The zero-order chi connectivity index (χ0) is 20.0. The van der Waals surface area contributed by atoms with E-state index in [4.69, 9.17) is 4.74 Å². The molecule has 152 valence electrons. The van der Waals surface area contributed by atoms with Crippen molar-refractivity contribution in [3.63, 3.8) is 0 Å². The van der Waals surface area contributed by atoms with Gasteiger partial charge in [-0.2, -0.15) is 0 Å². The number of hydrogen-bond donors (Lipinski definition) is 1. The highest BCUT2D eigenvalue weighted by molar-refractivity contribution is 5.45. The molecule has 1 aliphatic heterocycles. The number of ether oxygens (including phenoxy) is 1. The third-order valence-corrected chi connectivity index (χ3v) is 5.96. The number of rotatable bonds is 8. The minimum absolute atomic E-state index is 0.0327. The summed E-state index contributed by atoms with van der Waals surface area (Å²) in [6.07, 6.45) is 4.59. The Morgan fingerprint density at radius 2 is 1.68 bits per heavy atom. The molecule has 0 aliphatic carbocycles. The highest BCUT2D eigenvalue weighted by Crippen LogP contribution is 2.43. The molecule has 0 radical (unpaired) electrons. The second-order valence-electron chi connectivity index (χ2n) is 9.18. The van der Waals surface area contributed by atoms with Crippen LogP contribution in [0.3, 0.4) is 0 Å². The summed E-state index contributed by atoms with van der Waals surface area (Å²) in [6, 6.07) is 19.8. The summed E-state index contributed by atoms with van der Waals surface area (Å²) in [5, 5.41) is 3.68. The molecule has 0 saturated carbocycles. The molecule has 0 bridgehead atoms. The fraction of sp³-hybridized carbons (Fsp3) is 0.520. The van der Waals surface area contributed by atoms with Crippen LogP contribution in [0.25, 0.3) is 0 Å². The van der Waals surface area contributed by atoms with E-state index in [-0.39, 0.29) is 5.60 Å². The highest BCUT2D eigenvalue weighted by atomic mass is 16.5. The van der Waals surface area contributed by atoms with Gasteiger partial charge >= 0.3 is 0 Å². The number of nitrogens with one attached hydrogen (secondary N) is 1. The maximum Gasteiger partial charge on any atom is 0.0631 e. The van der Waals surface area contributed by atoms with Crippen molar-refractivity contribution < 1.29 is 4.74 Å². The lowest BCUT2D eigenvalue weighted by atomic mass is 9.68. The topological polar surface area (TPSA) is 24.5 Å². The van der Waals surface area contributed by atoms with Crippen molar-refractivity contribution >= 4 is 5.69 Å². The van der Waals surface area contributed by atoms with Gasteiger partial charge in [0.05, 0.1) is 5.60 Å². The van der Waals surface area contributed by atoms with E-state index in [1.54, 1.807) is 0 Å². The maximum absolute atomic E-state index is 6.04. The lowest BCUT2D eigenvalue weighted by Gasteiger charge is -2.45. The monoisotopic (exact) mass is 380 g/mol. The fourth-order valence-electron chi connectivity index (χ4n) is 4.57. The lowest BCUT2D eigenvalue weighted by Crippen LogP contribution is -2.43. The summed E-state index contributed by atoms with van der Waals surface area (Å²) in [5.74, 6) is 0. The number of benzene rings is 2.